The number of aromatic nitrogens is 3. The Balaban J connectivity index is 1.71. The molecule has 6 heteroatoms. The molecule has 1 aliphatic carbocycles. The van der Waals surface area contributed by atoms with Gasteiger partial charge in [-0.3, -0.25) is 0 Å². The largest absolute Gasteiger partial charge is 0.486 e. The molecule has 5 nitrogen and oxygen atoms in total. The number of aryl methyl sites for hydroxylation is 2. The standard InChI is InChI=1S/C18H22N4OS/c1-13-8-14(2)10-16(9-13)23-12-17-20-21-18(24)22(17)19-11-15-6-4-3-5-7-15/h3-4,8-11,15H,5-7,12H2,1-2H3,(H,21,24)/b19-11-/t15-/m1/s1. The molecule has 0 unspecified atom stereocenters. The molecule has 2 aromatic rings. The highest BCUT2D eigenvalue weighted by Crippen LogP contribution is 2.18. The fraction of sp³-hybridized carbons (Fsp3) is 0.389. The highest BCUT2D eigenvalue weighted by molar-refractivity contribution is 7.71. The van der Waals surface area contributed by atoms with Crippen LogP contribution in [0.3, 0.4) is 0 Å². The van der Waals surface area contributed by atoms with Gasteiger partial charge in [0.25, 0.3) is 0 Å². The number of hydrogen-bond donors (Lipinski definition) is 1. The number of allylic oxidation sites excluding steroid dienone is 2. The number of hydrogen-bond acceptors (Lipinski definition) is 4. The Kier molecular flexibility index (Phi) is 5.25. The van der Waals surface area contributed by atoms with Gasteiger partial charge in [-0.25, -0.2) is 5.10 Å². The van der Waals surface area contributed by atoms with E-state index in [4.69, 9.17) is 17.0 Å². The Morgan fingerprint density at radius 2 is 2.12 bits per heavy atom. The molecule has 0 bridgehead atoms. The Bertz CT molecular complexity index is 798. The zero-order valence-corrected chi connectivity index (χ0v) is 14.8. The van der Waals surface area contributed by atoms with Crippen molar-refractivity contribution in [2.24, 2.45) is 11.0 Å². The van der Waals surface area contributed by atoms with Crippen LogP contribution in [-0.4, -0.2) is 21.1 Å². The van der Waals surface area contributed by atoms with Gasteiger partial charge in [0.2, 0.25) is 4.77 Å². The first-order valence-electron chi connectivity index (χ1n) is 8.18. The fourth-order valence-electron chi connectivity index (χ4n) is 2.81. The Labute approximate surface area is 147 Å². The maximum Gasteiger partial charge on any atom is 0.216 e. The molecule has 126 valence electrons. The van der Waals surface area contributed by atoms with Gasteiger partial charge in [-0.1, -0.05) is 18.2 Å². The van der Waals surface area contributed by atoms with E-state index >= 15 is 0 Å². The van der Waals surface area contributed by atoms with Gasteiger partial charge in [0.05, 0.1) is 0 Å². The molecule has 0 saturated heterocycles. The molecule has 1 aromatic heterocycles. The summed E-state index contributed by atoms with van der Waals surface area (Å²) in [5, 5.41) is 11.5. The van der Waals surface area contributed by atoms with Crippen LogP contribution in [0.15, 0.2) is 35.5 Å². The molecule has 0 fully saturated rings. The van der Waals surface area contributed by atoms with E-state index in [1.807, 2.05) is 18.3 Å². The van der Waals surface area contributed by atoms with Gasteiger partial charge >= 0.3 is 0 Å². The number of nitrogens with zero attached hydrogens (tertiary/aromatic N) is 3. The van der Waals surface area contributed by atoms with Crippen molar-refractivity contribution in [3.8, 4) is 5.75 Å². The highest BCUT2D eigenvalue weighted by atomic mass is 32.1. The zero-order chi connectivity index (χ0) is 16.9. The lowest BCUT2D eigenvalue weighted by Gasteiger charge is -2.12. The number of nitrogens with one attached hydrogen (secondary N) is 1. The molecule has 1 atom stereocenters. The Morgan fingerprint density at radius 1 is 1.33 bits per heavy atom. The van der Waals surface area contributed by atoms with Crippen LogP contribution in [0.1, 0.15) is 36.2 Å². The highest BCUT2D eigenvalue weighted by Gasteiger charge is 2.09. The van der Waals surface area contributed by atoms with Crippen molar-refractivity contribution in [2.45, 2.75) is 39.7 Å². The van der Waals surface area contributed by atoms with Crippen LogP contribution in [0, 0.1) is 24.5 Å². The van der Waals surface area contributed by atoms with E-state index in [-0.39, 0.29) is 0 Å². The summed E-state index contributed by atoms with van der Waals surface area (Å²) >= 11 is 5.27. The Hall–Kier alpha value is -2.21. The Morgan fingerprint density at radius 3 is 2.83 bits per heavy atom. The average Bonchev–Trinajstić information content (AvgIpc) is 2.91. The van der Waals surface area contributed by atoms with Crippen LogP contribution in [0.5, 0.6) is 5.75 Å². The molecule has 24 heavy (non-hydrogen) atoms. The summed E-state index contributed by atoms with van der Waals surface area (Å²) in [5.74, 6) is 1.95. The molecular weight excluding hydrogens is 320 g/mol. The first-order chi connectivity index (χ1) is 11.6. The van der Waals surface area contributed by atoms with Crippen LogP contribution in [-0.2, 0) is 6.61 Å². The van der Waals surface area contributed by atoms with Crippen molar-refractivity contribution >= 4 is 18.4 Å². The molecule has 0 saturated carbocycles. The van der Waals surface area contributed by atoms with E-state index < -0.39 is 0 Å². The first-order valence-corrected chi connectivity index (χ1v) is 8.59. The van der Waals surface area contributed by atoms with Gasteiger partial charge in [0, 0.05) is 6.21 Å². The quantitative estimate of drug-likeness (QED) is 0.500. The summed E-state index contributed by atoms with van der Waals surface area (Å²) in [4.78, 5) is 0. The second-order valence-corrected chi connectivity index (χ2v) is 6.56. The third-order valence-electron chi connectivity index (χ3n) is 3.98. The third kappa shape index (κ3) is 4.20. The van der Waals surface area contributed by atoms with Crippen molar-refractivity contribution < 1.29 is 4.74 Å². The van der Waals surface area contributed by atoms with E-state index in [0.717, 1.165) is 25.0 Å². The van der Waals surface area contributed by atoms with Crippen LogP contribution in [0.2, 0.25) is 0 Å². The maximum absolute atomic E-state index is 5.86. The van der Waals surface area contributed by atoms with Crippen LogP contribution in [0.25, 0.3) is 0 Å². The maximum atomic E-state index is 5.86. The van der Waals surface area contributed by atoms with E-state index in [0.29, 0.717) is 23.1 Å². The minimum atomic E-state index is 0.317. The summed E-state index contributed by atoms with van der Waals surface area (Å²) in [6, 6.07) is 6.14. The van der Waals surface area contributed by atoms with Crippen molar-refractivity contribution in [1.82, 2.24) is 14.9 Å². The average molecular weight is 342 g/mol. The predicted molar refractivity (Wildman–Crippen MR) is 98.0 cm³/mol. The fourth-order valence-corrected chi connectivity index (χ4v) is 3.01. The second-order valence-electron chi connectivity index (χ2n) is 6.18. The number of rotatable bonds is 5. The number of ether oxygens (including phenoxy) is 1. The van der Waals surface area contributed by atoms with Crippen molar-refractivity contribution in [1.29, 1.82) is 0 Å². The van der Waals surface area contributed by atoms with Gasteiger partial charge < -0.3 is 4.74 Å². The molecule has 0 amide bonds. The molecule has 0 aliphatic heterocycles. The van der Waals surface area contributed by atoms with Crippen LogP contribution >= 0.6 is 12.2 Å². The van der Waals surface area contributed by atoms with Crippen LogP contribution in [0.4, 0.5) is 0 Å². The molecule has 1 N–H and O–H groups in total. The zero-order valence-electron chi connectivity index (χ0n) is 14.0. The number of aromatic amines is 1. The van der Waals surface area contributed by atoms with Crippen molar-refractivity contribution in [2.75, 3.05) is 0 Å². The molecule has 0 radical (unpaired) electrons. The summed E-state index contributed by atoms with van der Waals surface area (Å²) in [6.45, 7) is 4.43. The minimum Gasteiger partial charge on any atom is -0.486 e. The summed E-state index contributed by atoms with van der Waals surface area (Å²) < 4.78 is 8.00. The minimum absolute atomic E-state index is 0.317. The van der Waals surface area contributed by atoms with Gasteiger partial charge in [-0.05, 0) is 74.5 Å². The van der Waals surface area contributed by atoms with Crippen molar-refractivity contribution in [3.63, 3.8) is 0 Å². The van der Waals surface area contributed by atoms with Gasteiger partial charge in [0.15, 0.2) is 5.82 Å². The third-order valence-corrected chi connectivity index (χ3v) is 4.25. The van der Waals surface area contributed by atoms with Crippen molar-refractivity contribution in [3.05, 3.63) is 52.1 Å². The summed E-state index contributed by atoms with van der Waals surface area (Å²) in [7, 11) is 0. The number of benzene rings is 1. The normalized spacial score (nSPS) is 17.5. The summed E-state index contributed by atoms with van der Waals surface area (Å²) in [5.41, 5.74) is 2.35. The van der Waals surface area contributed by atoms with Gasteiger partial charge in [-0.15, -0.1) is 0 Å². The first kappa shape index (κ1) is 16.6. The van der Waals surface area contributed by atoms with Crippen LogP contribution < -0.4 is 4.74 Å². The molecule has 3 rings (SSSR count). The van der Waals surface area contributed by atoms with Gasteiger partial charge in [-0.2, -0.15) is 14.9 Å². The molecule has 1 heterocycles. The van der Waals surface area contributed by atoms with E-state index in [1.54, 1.807) is 4.68 Å². The SMILES string of the molecule is Cc1cc(C)cc(OCc2n[nH]c(=S)n2/N=C\[C@@H]2CC=CCC2)c1. The molecule has 1 aromatic carbocycles. The van der Waals surface area contributed by atoms with E-state index in [2.05, 4.69) is 47.4 Å². The lowest BCUT2D eigenvalue weighted by Crippen LogP contribution is -2.08. The smallest absolute Gasteiger partial charge is 0.216 e. The lowest BCUT2D eigenvalue weighted by molar-refractivity contribution is 0.290. The van der Waals surface area contributed by atoms with E-state index in [9.17, 15) is 0 Å². The second kappa shape index (κ2) is 7.57. The van der Waals surface area contributed by atoms with Gasteiger partial charge in [0.1, 0.15) is 12.4 Å². The lowest BCUT2D eigenvalue weighted by atomic mass is 9.96. The summed E-state index contributed by atoms with van der Waals surface area (Å²) in [6.07, 6.45) is 9.66. The number of H-pyrrole nitrogens is 1. The molecule has 0 spiro atoms. The molecule has 1 aliphatic rings. The topological polar surface area (TPSA) is 55.2 Å². The predicted octanol–water partition coefficient (Wildman–Crippen LogP) is 4.33. The molecular formula is C18H22N4OS. The monoisotopic (exact) mass is 342 g/mol. The van der Waals surface area contributed by atoms with E-state index in [1.165, 1.54) is 11.1 Å².